The molecule has 0 spiro atoms. The predicted octanol–water partition coefficient (Wildman–Crippen LogP) is 4.25. The first-order valence-corrected chi connectivity index (χ1v) is 9.38. The van der Waals surface area contributed by atoms with E-state index in [0.29, 0.717) is 16.4 Å². The number of thiocarbonyl (C=S) groups is 1. The van der Waals surface area contributed by atoms with Crippen molar-refractivity contribution in [2.75, 3.05) is 12.4 Å². The van der Waals surface area contributed by atoms with Crippen LogP contribution in [0.3, 0.4) is 0 Å². The predicted molar refractivity (Wildman–Crippen MR) is 115 cm³/mol. The summed E-state index contributed by atoms with van der Waals surface area (Å²) in [6, 6.07) is 11.5. The summed E-state index contributed by atoms with van der Waals surface area (Å²) in [4.78, 5) is 12.6. The van der Waals surface area contributed by atoms with Crippen LogP contribution in [0.2, 0.25) is 0 Å². The minimum absolute atomic E-state index is 0.226. The Morgan fingerprint density at radius 2 is 1.96 bits per heavy atom. The molecule has 1 aromatic heterocycles. The van der Waals surface area contributed by atoms with E-state index in [-0.39, 0.29) is 5.76 Å². The van der Waals surface area contributed by atoms with Gasteiger partial charge in [0.2, 0.25) is 0 Å². The molecule has 0 bridgehead atoms. The second kappa shape index (κ2) is 8.31. The molecule has 3 aromatic rings. The van der Waals surface area contributed by atoms with E-state index in [1.165, 1.54) is 0 Å². The summed E-state index contributed by atoms with van der Waals surface area (Å²) in [5, 5.41) is 4.28. The second-order valence-corrected chi connectivity index (χ2v) is 6.82. The van der Waals surface area contributed by atoms with Crippen molar-refractivity contribution < 1.29 is 13.9 Å². The second-order valence-electron chi connectivity index (χ2n) is 6.41. The molecule has 0 aliphatic carbocycles. The number of aryl methyl sites for hydroxylation is 3. The highest BCUT2D eigenvalue weighted by Crippen LogP contribution is 2.28. The van der Waals surface area contributed by atoms with Gasteiger partial charge < -0.3 is 14.5 Å². The van der Waals surface area contributed by atoms with Crippen LogP contribution in [0.5, 0.6) is 5.75 Å². The minimum Gasteiger partial charge on any atom is -0.497 e. The number of rotatable bonds is 4. The molecule has 3 N–H and O–H groups in total. The van der Waals surface area contributed by atoms with Gasteiger partial charge in [-0.25, -0.2) is 0 Å². The van der Waals surface area contributed by atoms with Crippen LogP contribution in [0.1, 0.15) is 34.2 Å². The van der Waals surface area contributed by atoms with E-state index >= 15 is 0 Å². The van der Waals surface area contributed by atoms with Crippen molar-refractivity contribution in [3.8, 4) is 5.75 Å². The van der Waals surface area contributed by atoms with Gasteiger partial charge in [0.1, 0.15) is 11.3 Å². The van der Waals surface area contributed by atoms with Gasteiger partial charge in [-0.2, -0.15) is 0 Å². The summed E-state index contributed by atoms with van der Waals surface area (Å²) in [5.41, 5.74) is 9.86. The lowest BCUT2D eigenvalue weighted by Crippen LogP contribution is -2.44. The maximum Gasteiger partial charge on any atom is 0.305 e. The molecular formula is C21H23N3O3S. The molecule has 7 heteroatoms. The van der Waals surface area contributed by atoms with Crippen LogP contribution in [0.15, 0.2) is 40.8 Å². The van der Waals surface area contributed by atoms with Crippen molar-refractivity contribution in [3.63, 3.8) is 0 Å². The first kappa shape index (κ1) is 19.7. The molecule has 28 heavy (non-hydrogen) atoms. The molecule has 6 nitrogen and oxygen atoms in total. The van der Waals surface area contributed by atoms with Crippen molar-refractivity contribution in [2.45, 2.75) is 27.2 Å². The van der Waals surface area contributed by atoms with E-state index in [1.54, 1.807) is 19.2 Å². The van der Waals surface area contributed by atoms with Gasteiger partial charge in [0, 0.05) is 16.6 Å². The third kappa shape index (κ3) is 3.94. The summed E-state index contributed by atoms with van der Waals surface area (Å²) < 4.78 is 10.9. The van der Waals surface area contributed by atoms with Gasteiger partial charge in [-0.05, 0) is 61.8 Å². The molecule has 1 amide bonds. The number of methoxy groups -OCH3 is 1. The molecule has 0 atom stereocenters. The molecule has 0 fully saturated rings. The smallest absolute Gasteiger partial charge is 0.305 e. The Labute approximate surface area is 169 Å². The summed E-state index contributed by atoms with van der Waals surface area (Å²) >= 11 is 5.32. The van der Waals surface area contributed by atoms with Crippen LogP contribution in [0.25, 0.3) is 11.0 Å². The van der Waals surface area contributed by atoms with Crippen LogP contribution >= 0.6 is 12.2 Å². The number of nitrogens with one attached hydrogen (secondary N) is 3. The number of anilines is 1. The average Bonchev–Trinajstić information content (AvgIpc) is 3.03. The van der Waals surface area contributed by atoms with Gasteiger partial charge in [0.15, 0.2) is 10.9 Å². The van der Waals surface area contributed by atoms with Crippen molar-refractivity contribution in [2.24, 2.45) is 0 Å². The van der Waals surface area contributed by atoms with Gasteiger partial charge in [-0.1, -0.05) is 25.1 Å². The SMILES string of the molecule is CCc1cccc(C)c1NC(=S)NNC(=O)c1oc2ccc(OC)cc2c1C. The average molecular weight is 398 g/mol. The number of hydrogen-bond donors (Lipinski definition) is 3. The highest BCUT2D eigenvalue weighted by atomic mass is 32.1. The molecule has 1 heterocycles. The molecule has 0 unspecified atom stereocenters. The van der Waals surface area contributed by atoms with Gasteiger partial charge in [-0.3, -0.25) is 15.6 Å². The molecule has 0 aliphatic rings. The highest BCUT2D eigenvalue weighted by molar-refractivity contribution is 7.80. The normalized spacial score (nSPS) is 10.6. The Balaban J connectivity index is 1.70. The fourth-order valence-corrected chi connectivity index (χ4v) is 3.21. The molecular weight excluding hydrogens is 374 g/mol. The Hall–Kier alpha value is -3.06. The van der Waals surface area contributed by atoms with Crippen LogP contribution in [-0.2, 0) is 6.42 Å². The lowest BCUT2D eigenvalue weighted by Gasteiger charge is -2.16. The lowest BCUT2D eigenvalue weighted by atomic mass is 10.1. The van der Waals surface area contributed by atoms with Crippen molar-refractivity contribution in [3.05, 3.63) is 58.8 Å². The molecule has 3 rings (SSSR count). The molecule has 0 saturated heterocycles. The number of hydrogen-bond acceptors (Lipinski definition) is 4. The Morgan fingerprint density at radius 1 is 1.18 bits per heavy atom. The molecule has 0 radical (unpaired) electrons. The number of amides is 1. The van der Waals surface area contributed by atoms with E-state index in [2.05, 4.69) is 23.1 Å². The first-order valence-electron chi connectivity index (χ1n) is 8.97. The Bertz CT molecular complexity index is 1040. The Morgan fingerprint density at radius 3 is 2.68 bits per heavy atom. The standard InChI is InChI=1S/C21H23N3O3S/c1-5-14-8-6-7-12(2)18(14)22-21(28)24-23-20(25)19-13(3)16-11-15(26-4)9-10-17(16)27-19/h6-11H,5H2,1-4H3,(H,23,25)(H2,22,24,28). The molecule has 0 saturated carbocycles. The summed E-state index contributed by atoms with van der Waals surface area (Å²) in [6.07, 6.45) is 0.876. The lowest BCUT2D eigenvalue weighted by molar-refractivity contribution is 0.0917. The quantitative estimate of drug-likeness (QED) is 0.451. The zero-order valence-corrected chi connectivity index (χ0v) is 17.1. The number of furan rings is 1. The molecule has 2 aromatic carbocycles. The zero-order valence-electron chi connectivity index (χ0n) is 16.3. The molecule has 0 aliphatic heterocycles. The number of ether oxygens (including phenoxy) is 1. The van der Waals surface area contributed by atoms with Gasteiger partial charge >= 0.3 is 5.91 Å². The Kier molecular flexibility index (Phi) is 5.84. The van der Waals surface area contributed by atoms with Gasteiger partial charge in [-0.15, -0.1) is 0 Å². The van der Waals surface area contributed by atoms with E-state index in [1.807, 2.05) is 38.1 Å². The minimum atomic E-state index is -0.405. The van der Waals surface area contributed by atoms with Gasteiger partial charge in [0.05, 0.1) is 7.11 Å². The van der Waals surface area contributed by atoms with Crippen LogP contribution in [0.4, 0.5) is 5.69 Å². The largest absolute Gasteiger partial charge is 0.497 e. The first-order chi connectivity index (χ1) is 13.4. The van der Waals surface area contributed by atoms with Crippen LogP contribution < -0.4 is 20.9 Å². The van der Waals surface area contributed by atoms with E-state index in [4.69, 9.17) is 21.4 Å². The number of para-hydroxylation sites is 1. The number of carbonyl (C=O) groups excluding carboxylic acids is 1. The number of hydrazine groups is 1. The van der Waals surface area contributed by atoms with E-state index < -0.39 is 5.91 Å². The number of benzene rings is 2. The fraction of sp³-hybridized carbons (Fsp3) is 0.238. The topological polar surface area (TPSA) is 75.5 Å². The molecule has 146 valence electrons. The third-order valence-corrected chi connectivity index (χ3v) is 4.82. The third-order valence-electron chi connectivity index (χ3n) is 4.62. The van der Waals surface area contributed by atoms with Crippen LogP contribution in [-0.4, -0.2) is 18.1 Å². The summed E-state index contributed by atoms with van der Waals surface area (Å²) in [5.74, 6) is 0.526. The maximum absolute atomic E-state index is 12.6. The highest BCUT2D eigenvalue weighted by Gasteiger charge is 2.18. The summed E-state index contributed by atoms with van der Waals surface area (Å²) in [6.45, 7) is 5.92. The van der Waals surface area contributed by atoms with Crippen molar-refractivity contribution in [1.29, 1.82) is 0 Å². The zero-order chi connectivity index (χ0) is 20.3. The summed E-state index contributed by atoms with van der Waals surface area (Å²) in [7, 11) is 1.60. The fourth-order valence-electron chi connectivity index (χ4n) is 3.06. The number of fused-ring (bicyclic) bond motifs is 1. The number of carbonyl (C=O) groups is 1. The van der Waals surface area contributed by atoms with E-state index in [9.17, 15) is 4.79 Å². The van der Waals surface area contributed by atoms with Crippen LogP contribution in [0, 0.1) is 13.8 Å². The van der Waals surface area contributed by atoms with Crippen molar-refractivity contribution >= 4 is 39.9 Å². The van der Waals surface area contributed by atoms with E-state index in [0.717, 1.165) is 34.2 Å². The van der Waals surface area contributed by atoms with Gasteiger partial charge in [0.25, 0.3) is 0 Å². The maximum atomic E-state index is 12.6. The van der Waals surface area contributed by atoms with Crippen molar-refractivity contribution in [1.82, 2.24) is 10.9 Å². The monoisotopic (exact) mass is 397 g/mol.